The van der Waals surface area contributed by atoms with Crippen LogP contribution >= 0.6 is 0 Å². The summed E-state index contributed by atoms with van der Waals surface area (Å²) in [4.78, 5) is 26.2. The molecule has 0 saturated heterocycles. The first-order valence-electron chi connectivity index (χ1n) is 5.76. The third-order valence-corrected chi connectivity index (χ3v) is 2.13. The average molecular weight is 245 g/mol. The molecule has 1 N–H and O–H groups in total. The van der Waals surface area contributed by atoms with Gasteiger partial charge in [0.15, 0.2) is 0 Å². The first-order chi connectivity index (χ1) is 7.97. The normalized spacial score (nSPS) is 10.2. The van der Waals surface area contributed by atoms with E-state index in [1.165, 1.54) is 0 Å². The molecule has 0 aromatic rings. The molecule has 17 heavy (non-hydrogen) atoms. The highest BCUT2D eigenvalue weighted by atomic mass is 16.5. The second kappa shape index (κ2) is 8.81. The number of ether oxygens (including phenoxy) is 1. The summed E-state index contributed by atoms with van der Waals surface area (Å²) in [6.45, 7) is 3.56. The van der Waals surface area contributed by atoms with Crippen LogP contribution in [0.25, 0.3) is 0 Å². The summed E-state index contributed by atoms with van der Waals surface area (Å²) in [7, 11) is 5.68. The van der Waals surface area contributed by atoms with E-state index in [-0.39, 0.29) is 12.6 Å². The summed E-state index contributed by atoms with van der Waals surface area (Å²) in [5, 5.41) is 2.50. The lowest BCUT2D eigenvalue weighted by Gasteiger charge is -2.18. The van der Waals surface area contributed by atoms with Gasteiger partial charge in [-0.25, -0.2) is 4.79 Å². The summed E-state index contributed by atoms with van der Waals surface area (Å²) >= 11 is 0. The van der Waals surface area contributed by atoms with Crippen LogP contribution in [0.15, 0.2) is 0 Å². The molecule has 0 aromatic carbocycles. The number of esters is 1. The van der Waals surface area contributed by atoms with Gasteiger partial charge in [-0.1, -0.05) is 0 Å². The van der Waals surface area contributed by atoms with E-state index in [1.54, 1.807) is 18.9 Å². The highest BCUT2D eigenvalue weighted by molar-refractivity contribution is 5.80. The van der Waals surface area contributed by atoms with Crippen LogP contribution in [-0.2, 0) is 9.53 Å². The van der Waals surface area contributed by atoms with Gasteiger partial charge in [-0.2, -0.15) is 0 Å². The molecule has 6 nitrogen and oxygen atoms in total. The monoisotopic (exact) mass is 245 g/mol. The molecule has 0 aliphatic rings. The van der Waals surface area contributed by atoms with Gasteiger partial charge >= 0.3 is 12.0 Å². The molecule has 2 amide bonds. The number of rotatable bonds is 7. The fourth-order valence-corrected chi connectivity index (χ4v) is 1.22. The number of nitrogens with one attached hydrogen (secondary N) is 1. The van der Waals surface area contributed by atoms with E-state index < -0.39 is 5.97 Å². The minimum atomic E-state index is -0.414. The second-order valence-electron chi connectivity index (χ2n) is 4.04. The number of hydrogen-bond donors (Lipinski definition) is 1. The summed E-state index contributed by atoms with van der Waals surface area (Å²) in [5.74, 6) is -0.414. The zero-order chi connectivity index (χ0) is 13.3. The molecule has 0 aromatic heterocycles. The van der Waals surface area contributed by atoms with Gasteiger partial charge in [-0.3, -0.25) is 4.79 Å². The smallest absolute Gasteiger partial charge is 0.325 e. The van der Waals surface area contributed by atoms with Gasteiger partial charge in [0, 0.05) is 13.6 Å². The Morgan fingerprint density at radius 3 is 2.35 bits per heavy atom. The topological polar surface area (TPSA) is 61.9 Å². The van der Waals surface area contributed by atoms with Crippen LogP contribution in [0, 0.1) is 0 Å². The van der Waals surface area contributed by atoms with Crippen molar-refractivity contribution in [2.24, 2.45) is 0 Å². The van der Waals surface area contributed by atoms with Crippen LogP contribution in [-0.4, -0.2) is 69.2 Å². The fourth-order valence-electron chi connectivity index (χ4n) is 1.22. The number of carbonyl (C=O) groups is 2. The molecule has 0 rings (SSSR count). The van der Waals surface area contributed by atoms with Crippen molar-refractivity contribution in [1.29, 1.82) is 0 Å². The first-order valence-corrected chi connectivity index (χ1v) is 5.76. The molecule has 100 valence electrons. The molecule has 0 saturated carbocycles. The van der Waals surface area contributed by atoms with Crippen LogP contribution in [0.3, 0.4) is 0 Å². The second-order valence-corrected chi connectivity index (χ2v) is 4.04. The van der Waals surface area contributed by atoms with E-state index in [0.717, 1.165) is 13.0 Å². The van der Waals surface area contributed by atoms with E-state index in [0.29, 0.717) is 13.2 Å². The number of amides is 2. The molecule has 0 heterocycles. The Hall–Kier alpha value is -1.30. The third kappa shape index (κ3) is 8.50. The lowest BCUT2D eigenvalue weighted by molar-refractivity contribution is -0.141. The van der Waals surface area contributed by atoms with Crippen LogP contribution in [0.1, 0.15) is 13.3 Å². The Morgan fingerprint density at radius 2 is 1.82 bits per heavy atom. The van der Waals surface area contributed by atoms with Crippen LogP contribution in [0.2, 0.25) is 0 Å². The maximum absolute atomic E-state index is 11.5. The summed E-state index contributed by atoms with van der Waals surface area (Å²) < 4.78 is 4.71. The van der Waals surface area contributed by atoms with Gasteiger partial charge in [0.05, 0.1) is 6.61 Å². The quantitative estimate of drug-likeness (QED) is 0.648. The minimum Gasteiger partial charge on any atom is -0.465 e. The molecule has 0 fully saturated rings. The number of carbonyl (C=O) groups excluding carboxylic acids is 2. The summed E-state index contributed by atoms with van der Waals surface area (Å²) in [6.07, 6.45) is 0.899. The maximum Gasteiger partial charge on any atom is 0.325 e. The Balaban J connectivity index is 3.70. The highest BCUT2D eigenvalue weighted by Gasteiger charge is 2.10. The molecule has 0 unspecified atom stereocenters. The standard InChI is InChI=1S/C11H23N3O3/c1-5-17-10(15)9-12-11(16)14(4)8-6-7-13(2)3/h5-9H2,1-4H3,(H,12,16). The molecular formula is C11H23N3O3. The number of urea groups is 1. The van der Waals surface area contributed by atoms with Crippen molar-refractivity contribution in [1.82, 2.24) is 15.1 Å². The SMILES string of the molecule is CCOC(=O)CNC(=O)N(C)CCCN(C)C. The van der Waals surface area contributed by atoms with E-state index >= 15 is 0 Å². The molecule has 0 spiro atoms. The predicted molar refractivity (Wildman–Crippen MR) is 65.8 cm³/mol. The molecule has 0 radical (unpaired) electrons. The largest absolute Gasteiger partial charge is 0.465 e. The van der Waals surface area contributed by atoms with E-state index in [1.807, 2.05) is 14.1 Å². The average Bonchev–Trinajstić information content (AvgIpc) is 2.25. The van der Waals surface area contributed by atoms with Crippen LogP contribution in [0.4, 0.5) is 4.79 Å². The molecule has 0 aliphatic carbocycles. The predicted octanol–water partition coefficient (Wildman–Crippen LogP) is 0.143. The molecule has 0 bridgehead atoms. The number of hydrogen-bond acceptors (Lipinski definition) is 4. The minimum absolute atomic E-state index is 0.0787. The fraction of sp³-hybridized carbons (Fsp3) is 0.818. The van der Waals surface area contributed by atoms with Gasteiger partial charge in [0.2, 0.25) is 0 Å². The lowest BCUT2D eigenvalue weighted by Crippen LogP contribution is -2.41. The Morgan fingerprint density at radius 1 is 1.18 bits per heavy atom. The van der Waals surface area contributed by atoms with Crippen molar-refractivity contribution in [3.8, 4) is 0 Å². The zero-order valence-corrected chi connectivity index (χ0v) is 11.2. The maximum atomic E-state index is 11.5. The van der Waals surface area contributed by atoms with Crippen molar-refractivity contribution < 1.29 is 14.3 Å². The van der Waals surface area contributed by atoms with Gasteiger partial charge in [0.1, 0.15) is 6.54 Å². The summed E-state index contributed by atoms with van der Waals surface area (Å²) in [5.41, 5.74) is 0. The van der Waals surface area contributed by atoms with E-state index in [4.69, 9.17) is 4.74 Å². The highest BCUT2D eigenvalue weighted by Crippen LogP contribution is 1.90. The molecule has 0 atom stereocenters. The summed E-state index contributed by atoms with van der Waals surface area (Å²) in [6, 6.07) is -0.253. The van der Waals surface area contributed by atoms with Crippen molar-refractivity contribution in [3.05, 3.63) is 0 Å². The zero-order valence-electron chi connectivity index (χ0n) is 11.2. The Bertz CT molecular complexity index is 244. The molecular weight excluding hydrogens is 222 g/mol. The van der Waals surface area contributed by atoms with Gasteiger partial charge < -0.3 is 19.9 Å². The van der Waals surface area contributed by atoms with E-state index in [2.05, 4.69) is 10.2 Å². The Kier molecular flexibility index (Phi) is 8.13. The van der Waals surface area contributed by atoms with Crippen LogP contribution in [0.5, 0.6) is 0 Å². The van der Waals surface area contributed by atoms with Crippen molar-refractivity contribution in [2.45, 2.75) is 13.3 Å². The van der Waals surface area contributed by atoms with Gasteiger partial charge in [-0.15, -0.1) is 0 Å². The van der Waals surface area contributed by atoms with Crippen molar-refractivity contribution in [2.75, 3.05) is 47.4 Å². The Labute approximate surface area is 103 Å². The van der Waals surface area contributed by atoms with Gasteiger partial charge in [-0.05, 0) is 34.0 Å². The van der Waals surface area contributed by atoms with Gasteiger partial charge in [0.25, 0.3) is 0 Å². The third-order valence-electron chi connectivity index (χ3n) is 2.13. The van der Waals surface area contributed by atoms with E-state index in [9.17, 15) is 9.59 Å². The first kappa shape index (κ1) is 15.7. The lowest BCUT2D eigenvalue weighted by atomic mass is 10.4. The number of nitrogens with zero attached hydrogens (tertiary/aromatic N) is 2. The molecule has 0 aliphatic heterocycles. The van der Waals surface area contributed by atoms with Crippen LogP contribution < -0.4 is 5.32 Å². The van der Waals surface area contributed by atoms with Crippen molar-refractivity contribution >= 4 is 12.0 Å². The van der Waals surface area contributed by atoms with Crippen molar-refractivity contribution in [3.63, 3.8) is 0 Å². The molecule has 6 heteroatoms.